The van der Waals surface area contributed by atoms with E-state index in [1.54, 1.807) is 18.2 Å². The van der Waals surface area contributed by atoms with Crippen molar-refractivity contribution < 1.29 is 18.6 Å². The summed E-state index contributed by atoms with van der Waals surface area (Å²) in [5, 5.41) is 20.0. The molecule has 7 heteroatoms. The molecule has 0 saturated heterocycles. The number of aryl methyl sites for hydroxylation is 1. The minimum absolute atomic E-state index is 0.136. The largest absolute Gasteiger partial charge is 0.394 e. The molecular formula is C18H30N2O4S. The van der Waals surface area contributed by atoms with E-state index in [-0.39, 0.29) is 4.90 Å². The topological polar surface area (TPSA) is 113 Å². The number of aliphatic hydroxyl groups is 2. The van der Waals surface area contributed by atoms with Gasteiger partial charge < -0.3 is 15.9 Å². The highest BCUT2D eigenvalue weighted by molar-refractivity contribution is 7.89. The molecule has 0 spiro atoms. The van der Waals surface area contributed by atoms with Gasteiger partial charge in [0.25, 0.3) is 0 Å². The van der Waals surface area contributed by atoms with E-state index in [9.17, 15) is 18.6 Å². The van der Waals surface area contributed by atoms with E-state index in [1.807, 2.05) is 32.9 Å². The first-order valence-corrected chi connectivity index (χ1v) is 9.63. The van der Waals surface area contributed by atoms with E-state index in [0.29, 0.717) is 5.39 Å². The van der Waals surface area contributed by atoms with Crippen LogP contribution in [0.15, 0.2) is 41.3 Å². The standard InChI is InChI=1S/C15H19NO4S.C2H6.CH5N/c1-11-5-3-7-13-12(11)6-4-8-14(13)21(19,20)16-15(2,9-17)10-18;2*1-2/h3-8,16-18H,9-10H2,1-2H3;1-2H3;2H2,1H3. The molecule has 6 nitrogen and oxygen atoms in total. The molecule has 142 valence electrons. The number of fused-ring (bicyclic) bond motifs is 1. The summed E-state index contributed by atoms with van der Waals surface area (Å²) in [6, 6.07) is 10.5. The van der Waals surface area contributed by atoms with Gasteiger partial charge in [0.05, 0.1) is 23.6 Å². The van der Waals surface area contributed by atoms with E-state index in [0.717, 1.165) is 10.9 Å². The number of hydrogen-bond acceptors (Lipinski definition) is 5. The Morgan fingerprint density at radius 1 is 1.00 bits per heavy atom. The number of nitrogens with one attached hydrogen (secondary N) is 1. The van der Waals surface area contributed by atoms with Crippen LogP contribution in [0.2, 0.25) is 0 Å². The Bertz CT molecular complexity index is 757. The van der Waals surface area contributed by atoms with Crippen LogP contribution in [0.3, 0.4) is 0 Å². The summed E-state index contributed by atoms with van der Waals surface area (Å²) in [6.07, 6.45) is 0. The average Bonchev–Trinajstić information content (AvgIpc) is 2.64. The van der Waals surface area contributed by atoms with Crippen molar-refractivity contribution in [1.29, 1.82) is 0 Å². The van der Waals surface area contributed by atoms with Crippen LogP contribution in [0.25, 0.3) is 10.8 Å². The Balaban J connectivity index is 0.00000134. The zero-order chi connectivity index (χ0) is 19.7. The van der Waals surface area contributed by atoms with Crippen LogP contribution < -0.4 is 10.5 Å². The van der Waals surface area contributed by atoms with Gasteiger partial charge in [0, 0.05) is 5.39 Å². The lowest BCUT2D eigenvalue weighted by Gasteiger charge is -2.26. The lowest BCUT2D eigenvalue weighted by Crippen LogP contribution is -2.51. The molecule has 2 aromatic carbocycles. The molecule has 0 heterocycles. The molecule has 0 saturated carbocycles. The van der Waals surface area contributed by atoms with Gasteiger partial charge in [-0.1, -0.05) is 44.2 Å². The quantitative estimate of drug-likeness (QED) is 0.641. The summed E-state index contributed by atoms with van der Waals surface area (Å²) in [4.78, 5) is 0.136. The van der Waals surface area contributed by atoms with Gasteiger partial charge in [-0.05, 0) is 37.9 Å². The average molecular weight is 371 g/mol. The zero-order valence-corrected chi connectivity index (χ0v) is 16.4. The highest BCUT2D eigenvalue weighted by Gasteiger charge is 2.30. The van der Waals surface area contributed by atoms with Crippen molar-refractivity contribution in [1.82, 2.24) is 4.72 Å². The van der Waals surface area contributed by atoms with Gasteiger partial charge in [-0.3, -0.25) is 0 Å². The van der Waals surface area contributed by atoms with Crippen LogP contribution >= 0.6 is 0 Å². The Hall–Kier alpha value is -1.51. The fourth-order valence-electron chi connectivity index (χ4n) is 2.17. The summed E-state index contributed by atoms with van der Waals surface area (Å²) < 4.78 is 27.5. The summed E-state index contributed by atoms with van der Waals surface area (Å²) in [6.45, 7) is 6.37. The van der Waals surface area contributed by atoms with Crippen molar-refractivity contribution in [3.63, 3.8) is 0 Å². The number of sulfonamides is 1. The lowest BCUT2D eigenvalue weighted by molar-refractivity contribution is 0.122. The molecule has 5 N–H and O–H groups in total. The summed E-state index contributed by atoms with van der Waals surface area (Å²) in [5.41, 5.74) is 4.18. The van der Waals surface area contributed by atoms with Crippen molar-refractivity contribution in [3.8, 4) is 0 Å². The van der Waals surface area contributed by atoms with E-state index in [2.05, 4.69) is 10.5 Å². The smallest absolute Gasteiger partial charge is 0.241 e. The first-order valence-electron chi connectivity index (χ1n) is 8.15. The molecule has 0 aliphatic rings. The van der Waals surface area contributed by atoms with Crippen LogP contribution in [0.1, 0.15) is 26.3 Å². The first-order chi connectivity index (χ1) is 11.8. The number of aliphatic hydroxyl groups excluding tert-OH is 2. The minimum Gasteiger partial charge on any atom is -0.394 e. The maximum atomic E-state index is 12.6. The second kappa shape index (κ2) is 10.5. The zero-order valence-electron chi connectivity index (χ0n) is 15.6. The molecule has 0 aliphatic heterocycles. The number of benzene rings is 2. The summed E-state index contributed by atoms with van der Waals surface area (Å²) >= 11 is 0. The van der Waals surface area contributed by atoms with E-state index < -0.39 is 28.8 Å². The molecule has 0 bridgehead atoms. The molecule has 0 radical (unpaired) electrons. The van der Waals surface area contributed by atoms with Gasteiger partial charge in [-0.25, -0.2) is 13.1 Å². The molecule has 0 amide bonds. The Labute approximate surface area is 150 Å². The molecule has 0 aromatic heterocycles. The SMILES string of the molecule is CC.CN.Cc1cccc2c(S(=O)(=O)NC(C)(CO)CO)cccc12. The van der Waals surface area contributed by atoms with Crippen LogP contribution in [-0.4, -0.2) is 44.4 Å². The number of rotatable bonds is 5. The summed E-state index contributed by atoms with van der Waals surface area (Å²) in [5.74, 6) is 0. The van der Waals surface area contributed by atoms with Crippen LogP contribution in [0.4, 0.5) is 0 Å². The van der Waals surface area contributed by atoms with Crippen LogP contribution in [0, 0.1) is 6.92 Å². The highest BCUT2D eigenvalue weighted by atomic mass is 32.2. The molecule has 0 unspecified atom stereocenters. The van der Waals surface area contributed by atoms with Gasteiger partial charge in [0.2, 0.25) is 10.0 Å². The maximum Gasteiger partial charge on any atom is 0.241 e. The molecule has 0 atom stereocenters. The predicted molar refractivity (Wildman–Crippen MR) is 103 cm³/mol. The second-order valence-electron chi connectivity index (χ2n) is 5.41. The van der Waals surface area contributed by atoms with Gasteiger partial charge in [0.15, 0.2) is 0 Å². The molecular weight excluding hydrogens is 340 g/mol. The monoisotopic (exact) mass is 370 g/mol. The minimum atomic E-state index is -3.86. The maximum absolute atomic E-state index is 12.6. The molecule has 2 aromatic rings. The molecule has 0 fully saturated rings. The van der Waals surface area contributed by atoms with Crippen molar-refractivity contribution in [2.24, 2.45) is 5.73 Å². The fraction of sp³-hybridized carbons (Fsp3) is 0.444. The lowest BCUT2D eigenvalue weighted by atomic mass is 10.1. The first kappa shape index (κ1) is 23.5. The van der Waals surface area contributed by atoms with Crippen molar-refractivity contribution >= 4 is 20.8 Å². The third kappa shape index (κ3) is 5.76. The fourth-order valence-corrected chi connectivity index (χ4v) is 3.78. The third-order valence-corrected chi connectivity index (χ3v) is 5.16. The third-order valence-electron chi connectivity index (χ3n) is 3.47. The Kier molecular flexibility index (Phi) is 9.84. The highest BCUT2D eigenvalue weighted by Crippen LogP contribution is 2.26. The van der Waals surface area contributed by atoms with Crippen molar-refractivity contribution in [2.75, 3.05) is 20.3 Å². The molecule has 2 rings (SSSR count). The van der Waals surface area contributed by atoms with Gasteiger partial charge in [-0.15, -0.1) is 0 Å². The number of hydrogen-bond donors (Lipinski definition) is 4. The van der Waals surface area contributed by atoms with Crippen LogP contribution in [0.5, 0.6) is 0 Å². The predicted octanol–water partition coefficient (Wildman–Crippen LogP) is 1.77. The van der Waals surface area contributed by atoms with Gasteiger partial charge in [-0.2, -0.15) is 0 Å². The van der Waals surface area contributed by atoms with E-state index in [4.69, 9.17) is 0 Å². The van der Waals surface area contributed by atoms with Crippen molar-refractivity contribution in [2.45, 2.75) is 38.1 Å². The van der Waals surface area contributed by atoms with Gasteiger partial charge >= 0.3 is 0 Å². The Morgan fingerprint density at radius 2 is 1.48 bits per heavy atom. The molecule has 0 aliphatic carbocycles. The molecule has 25 heavy (non-hydrogen) atoms. The second-order valence-corrected chi connectivity index (χ2v) is 7.06. The van der Waals surface area contributed by atoms with Crippen LogP contribution in [-0.2, 0) is 10.0 Å². The summed E-state index contributed by atoms with van der Waals surface area (Å²) in [7, 11) is -2.36. The Morgan fingerprint density at radius 3 is 2.00 bits per heavy atom. The van der Waals surface area contributed by atoms with E-state index >= 15 is 0 Å². The van der Waals surface area contributed by atoms with Gasteiger partial charge in [0.1, 0.15) is 0 Å². The normalized spacial score (nSPS) is 11.2. The number of nitrogens with two attached hydrogens (primary N) is 1. The van der Waals surface area contributed by atoms with Crippen molar-refractivity contribution in [3.05, 3.63) is 42.0 Å². The van der Waals surface area contributed by atoms with E-state index in [1.165, 1.54) is 20.0 Å².